The van der Waals surface area contributed by atoms with Gasteiger partial charge in [-0.05, 0) is 43.6 Å². The summed E-state index contributed by atoms with van der Waals surface area (Å²) >= 11 is 0. The van der Waals surface area contributed by atoms with Crippen LogP contribution in [-0.2, 0) is 9.47 Å². The molecule has 96 valence electrons. The first-order valence-electron chi connectivity index (χ1n) is 6.49. The molecule has 2 unspecified atom stereocenters. The third-order valence-corrected chi connectivity index (χ3v) is 3.80. The standard InChI is InChI=1S/C13H27NO2/c1-12-4-5-13(10-12,11-14)6-9-16-8-3-7-15-2/h12H,3-11,14H2,1-2H3. The van der Waals surface area contributed by atoms with E-state index in [-0.39, 0.29) is 0 Å². The van der Waals surface area contributed by atoms with E-state index in [4.69, 9.17) is 15.2 Å². The van der Waals surface area contributed by atoms with E-state index in [9.17, 15) is 0 Å². The van der Waals surface area contributed by atoms with Crippen LogP contribution in [0.15, 0.2) is 0 Å². The van der Waals surface area contributed by atoms with Crippen LogP contribution in [0.2, 0.25) is 0 Å². The summed E-state index contributed by atoms with van der Waals surface area (Å²) in [4.78, 5) is 0. The Balaban J connectivity index is 2.10. The molecule has 0 aromatic carbocycles. The Kier molecular flexibility index (Phi) is 6.32. The second-order valence-electron chi connectivity index (χ2n) is 5.26. The second kappa shape index (κ2) is 7.25. The van der Waals surface area contributed by atoms with Crippen LogP contribution in [0, 0.1) is 11.3 Å². The number of hydrogen-bond acceptors (Lipinski definition) is 3. The molecule has 0 spiro atoms. The van der Waals surface area contributed by atoms with Gasteiger partial charge in [-0.1, -0.05) is 13.3 Å². The maximum Gasteiger partial charge on any atom is 0.0487 e. The number of hydrogen-bond donors (Lipinski definition) is 1. The molecule has 0 saturated heterocycles. The van der Waals surface area contributed by atoms with Crippen LogP contribution < -0.4 is 5.73 Å². The van der Waals surface area contributed by atoms with Gasteiger partial charge in [0.05, 0.1) is 0 Å². The van der Waals surface area contributed by atoms with Crippen molar-refractivity contribution in [3.8, 4) is 0 Å². The zero-order chi connectivity index (χ0) is 11.9. The smallest absolute Gasteiger partial charge is 0.0487 e. The van der Waals surface area contributed by atoms with Crippen LogP contribution in [0.1, 0.15) is 39.0 Å². The Morgan fingerprint density at radius 2 is 2.12 bits per heavy atom. The van der Waals surface area contributed by atoms with Crippen LogP contribution in [-0.4, -0.2) is 33.5 Å². The van der Waals surface area contributed by atoms with Gasteiger partial charge in [-0.15, -0.1) is 0 Å². The van der Waals surface area contributed by atoms with Gasteiger partial charge in [-0.2, -0.15) is 0 Å². The van der Waals surface area contributed by atoms with Gasteiger partial charge < -0.3 is 15.2 Å². The molecule has 0 aromatic heterocycles. The Morgan fingerprint density at radius 1 is 1.31 bits per heavy atom. The average molecular weight is 229 g/mol. The molecule has 0 aliphatic heterocycles. The monoisotopic (exact) mass is 229 g/mol. The molecule has 1 saturated carbocycles. The van der Waals surface area contributed by atoms with E-state index < -0.39 is 0 Å². The van der Waals surface area contributed by atoms with Gasteiger partial charge >= 0.3 is 0 Å². The normalized spacial score (nSPS) is 29.8. The molecule has 0 bridgehead atoms. The summed E-state index contributed by atoms with van der Waals surface area (Å²) in [6, 6.07) is 0. The number of nitrogens with two attached hydrogens (primary N) is 1. The Morgan fingerprint density at radius 3 is 2.69 bits per heavy atom. The second-order valence-corrected chi connectivity index (χ2v) is 5.26. The predicted molar refractivity (Wildman–Crippen MR) is 66.4 cm³/mol. The maximum atomic E-state index is 5.92. The van der Waals surface area contributed by atoms with Crippen LogP contribution in [0.4, 0.5) is 0 Å². The van der Waals surface area contributed by atoms with E-state index in [0.29, 0.717) is 5.41 Å². The van der Waals surface area contributed by atoms with Gasteiger partial charge in [0.2, 0.25) is 0 Å². The topological polar surface area (TPSA) is 44.5 Å². The largest absolute Gasteiger partial charge is 0.385 e. The molecule has 3 nitrogen and oxygen atoms in total. The number of rotatable bonds is 8. The minimum absolute atomic E-state index is 0.376. The fraction of sp³-hybridized carbons (Fsp3) is 1.00. The van der Waals surface area contributed by atoms with Gasteiger partial charge in [0.1, 0.15) is 0 Å². The van der Waals surface area contributed by atoms with Crippen LogP contribution >= 0.6 is 0 Å². The van der Waals surface area contributed by atoms with E-state index in [1.54, 1.807) is 7.11 Å². The molecule has 16 heavy (non-hydrogen) atoms. The minimum Gasteiger partial charge on any atom is -0.385 e. The van der Waals surface area contributed by atoms with Gasteiger partial charge in [0.15, 0.2) is 0 Å². The Labute approximate surface area is 99.7 Å². The first-order chi connectivity index (χ1) is 7.72. The van der Waals surface area contributed by atoms with Gasteiger partial charge in [-0.3, -0.25) is 0 Å². The lowest BCUT2D eigenvalue weighted by Gasteiger charge is -2.27. The van der Waals surface area contributed by atoms with E-state index in [1.807, 2.05) is 0 Å². The summed E-state index contributed by atoms with van der Waals surface area (Å²) < 4.78 is 10.6. The summed E-state index contributed by atoms with van der Waals surface area (Å²) in [7, 11) is 1.73. The van der Waals surface area contributed by atoms with Crippen LogP contribution in [0.3, 0.4) is 0 Å². The first-order valence-corrected chi connectivity index (χ1v) is 6.49. The van der Waals surface area contributed by atoms with Crippen molar-refractivity contribution in [2.75, 3.05) is 33.5 Å². The summed E-state index contributed by atoms with van der Waals surface area (Å²) in [5.74, 6) is 0.844. The zero-order valence-electron chi connectivity index (χ0n) is 10.8. The molecule has 0 heterocycles. The summed E-state index contributed by atoms with van der Waals surface area (Å²) in [5, 5.41) is 0. The molecule has 1 fully saturated rings. The van der Waals surface area contributed by atoms with Crippen molar-refractivity contribution in [2.45, 2.75) is 39.0 Å². The minimum atomic E-state index is 0.376. The predicted octanol–water partition coefficient (Wildman–Crippen LogP) is 2.19. The fourth-order valence-corrected chi connectivity index (χ4v) is 2.71. The quantitative estimate of drug-likeness (QED) is 0.649. The molecule has 2 N–H and O–H groups in total. The van der Waals surface area contributed by atoms with Crippen molar-refractivity contribution in [3.05, 3.63) is 0 Å². The molecular weight excluding hydrogens is 202 g/mol. The average Bonchev–Trinajstić information content (AvgIpc) is 2.66. The van der Waals surface area contributed by atoms with Gasteiger partial charge in [0, 0.05) is 26.9 Å². The highest BCUT2D eigenvalue weighted by molar-refractivity contribution is 4.88. The zero-order valence-corrected chi connectivity index (χ0v) is 10.8. The van der Waals surface area contributed by atoms with Crippen LogP contribution in [0.25, 0.3) is 0 Å². The molecular formula is C13H27NO2. The first kappa shape index (κ1) is 13.9. The molecule has 1 aliphatic rings. The maximum absolute atomic E-state index is 5.92. The van der Waals surface area contributed by atoms with Crippen molar-refractivity contribution in [1.29, 1.82) is 0 Å². The summed E-state index contributed by atoms with van der Waals surface area (Å²) in [5.41, 5.74) is 6.29. The lowest BCUT2D eigenvalue weighted by molar-refractivity contribution is 0.0777. The third-order valence-electron chi connectivity index (χ3n) is 3.80. The van der Waals surface area contributed by atoms with E-state index in [1.165, 1.54) is 19.3 Å². The molecule has 1 rings (SSSR count). The molecule has 1 aliphatic carbocycles. The molecule has 0 radical (unpaired) electrons. The number of ether oxygens (including phenoxy) is 2. The highest BCUT2D eigenvalue weighted by atomic mass is 16.5. The highest BCUT2D eigenvalue weighted by Gasteiger charge is 2.35. The number of methoxy groups -OCH3 is 1. The van der Waals surface area contributed by atoms with Crippen molar-refractivity contribution in [2.24, 2.45) is 17.1 Å². The lowest BCUT2D eigenvalue weighted by Crippen LogP contribution is -2.29. The van der Waals surface area contributed by atoms with E-state index in [2.05, 4.69) is 6.92 Å². The highest BCUT2D eigenvalue weighted by Crippen LogP contribution is 2.43. The van der Waals surface area contributed by atoms with E-state index in [0.717, 1.165) is 45.1 Å². The third kappa shape index (κ3) is 4.40. The summed E-state index contributed by atoms with van der Waals surface area (Å²) in [6.45, 7) is 5.60. The summed E-state index contributed by atoms with van der Waals surface area (Å²) in [6.07, 6.45) is 6.02. The van der Waals surface area contributed by atoms with Crippen molar-refractivity contribution in [3.63, 3.8) is 0 Å². The Hall–Kier alpha value is -0.120. The SMILES string of the molecule is COCCCOCCC1(CN)CCC(C)C1. The van der Waals surface area contributed by atoms with Gasteiger partial charge in [-0.25, -0.2) is 0 Å². The van der Waals surface area contributed by atoms with E-state index >= 15 is 0 Å². The molecule has 3 heteroatoms. The lowest BCUT2D eigenvalue weighted by atomic mass is 9.82. The Bertz CT molecular complexity index is 187. The molecule has 2 atom stereocenters. The molecule has 0 aromatic rings. The van der Waals surface area contributed by atoms with Crippen LogP contribution in [0.5, 0.6) is 0 Å². The fourth-order valence-electron chi connectivity index (χ4n) is 2.71. The van der Waals surface area contributed by atoms with Gasteiger partial charge in [0.25, 0.3) is 0 Å². The van der Waals surface area contributed by atoms with Crippen molar-refractivity contribution in [1.82, 2.24) is 0 Å². The molecule has 0 amide bonds. The van der Waals surface area contributed by atoms with Crippen molar-refractivity contribution >= 4 is 0 Å². The van der Waals surface area contributed by atoms with Crippen molar-refractivity contribution < 1.29 is 9.47 Å².